The number of carbonyl (C=O) groups is 1. The van der Waals surface area contributed by atoms with Crippen LogP contribution in [0.3, 0.4) is 0 Å². The van der Waals surface area contributed by atoms with Crippen molar-refractivity contribution in [3.05, 3.63) is 34.9 Å². The third-order valence-corrected chi connectivity index (χ3v) is 4.02. The zero-order chi connectivity index (χ0) is 13.7. The van der Waals surface area contributed by atoms with Gasteiger partial charge in [0.25, 0.3) is 0 Å². The van der Waals surface area contributed by atoms with Crippen LogP contribution in [0.1, 0.15) is 37.7 Å². The fourth-order valence-electron chi connectivity index (χ4n) is 2.51. The van der Waals surface area contributed by atoms with E-state index >= 15 is 0 Å². The normalized spacial score (nSPS) is 23.1. The quantitative estimate of drug-likeness (QED) is 0.891. The largest absolute Gasteiger partial charge is 0.391 e. The Labute approximate surface area is 119 Å². The molecule has 1 aromatic carbocycles. The number of aliphatic hydroxyl groups excluding tert-OH is 1. The van der Waals surface area contributed by atoms with E-state index in [0.29, 0.717) is 17.9 Å². The minimum absolute atomic E-state index is 0.00845. The molecule has 0 bridgehead atoms. The second-order valence-corrected chi connectivity index (χ2v) is 5.52. The summed E-state index contributed by atoms with van der Waals surface area (Å²) in [5.74, 6) is -0.00845. The Morgan fingerprint density at radius 3 is 2.79 bits per heavy atom. The molecule has 1 aliphatic rings. The van der Waals surface area contributed by atoms with Crippen LogP contribution in [-0.4, -0.2) is 23.2 Å². The molecule has 0 heterocycles. The van der Waals surface area contributed by atoms with Crippen LogP contribution < -0.4 is 5.32 Å². The molecule has 0 saturated heterocycles. The number of amides is 1. The van der Waals surface area contributed by atoms with E-state index < -0.39 is 6.10 Å². The van der Waals surface area contributed by atoms with Gasteiger partial charge in [-0.3, -0.25) is 4.79 Å². The molecule has 3 nitrogen and oxygen atoms in total. The highest BCUT2D eigenvalue weighted by Gasteiger charge is 2.24. The number of carbonyl (C=O) groups excluding carboxylic acids is 1. The Bertz CT molecular complexity index is 436. The van der Waals surface area contributed by atoms with Crippen molar-refractivity contribution in [1.29, 1.82) is 0 Å². The molecule has 1 aliphatic carbocycles. The number of halogens is 1. The maximum Gasteiger partial charge on any atom is 0.220 e. The highest BCUT2D eigenvalue weighted by atomic mass is 35.5. The van der Waals surface area contributed by atoms with Crippen LogP contribution in [0.4, 0.5) is 0 Å². The van der Waals surface area contributed by atoms with Crippen LogP contribution >= 0.6 is 11.6 Å². The molecule has 2 rings (SSSR count). The lowest BCUT2D eigenvalue weighted by atomic mass is 9.92. The van der Waals surface area contributed by atoms with Gasteiger partial charge < -0.3 is 10.4 Å². The molecule has 1 amide bonds. The van der Waals surface area contributed by atoms with Crippen LogP contribution in [0.25, 0.3) is 0 Å². The predicted molar refractivity (Wildman–Crippen MR) is 76.2 cm³/mol. The average molecular weight is 282 g/mol. The summed E-state index contributed by atoms with van der Waals surface area (Å²) in [6.45, 7) is 0. The molecule has 0 aromatic heterocycles. The molecule has 104 valence electrons. The number of hydrogen-bond donors (Lipinski definition) is 2. The van der Waals surface area contributed by atoms with Crippen LogP contribution in [0, 0.1) is 0 Å². The van der Waals surface area contributed by atoms with Gasteiger partial charge in [-0.1, -0.05) is 42.6 Å². The highest BCUT2D eigenvalue weighted by Crippen LogP contribution is 2.19. The number of benzene rings is 1. The summed E-state index contributed by atoms with van der Waals surface area (Å²) in [6, 6.07) is 7.49. The minimum atomic E-state index is -0.391. The lowest BCUT2D eigenvalue weighted by Gasteiger charge is -2.28. The van der Waals surface area contributed by atoms with Crippen molar-refractivity contribution < 1.29 is 9.90 Å². The van der Waals surface area contributed by atoms with E-state index in [4.69, 9.17) is 11.6 Å². The molecule has 19 heavy (non-hydrogen) atoms. The molecular weight excluding hydrogens is 262 g/mol. The summed E-state index contributed by atoms with van der Waals surface area (Å²) >= 11 is 6.05. The van der Waals surface area contributed by atoms with Gasteiger partial charge in [0.1, 0.15) is 0 Å². The summed E-state index contributed by atoms with van der Waals surface area (Å²) in [4.78, 5) is 11.9. The molecule has 1 fully saturated rings. The lowest BCUT2D eigenvalue weighted by Crippen LogP contribution is -2.45. The Balaban J connectivity index is 1.80. The number of aliphatic hydroxyl groups is 1. The Hall–Kier alpha value is -1.06. The van der Waals surface area contributed by atoms with Crippen molar-refractivity contribution in [3.8, 4) is 0 Å². The van der Waals surface area contributed by atoms with Gasteiger partial charge in [0.2, 0.25) is 5.91 Å². The van der Waals surface area contributed by atoms with Crippen LogP contribution in [0.2, 0.25) is 5.02 Å². The van der Waals surface area contributed by atoms with E-state index in [-0.39, 0.29) is 11.9 Å². The molecule has 1 saturated carbocycles. The fourth-order valence-corrected chi connectivity index (χ4v) is 2.74. The first-order chi connectivity index (χ1) is 9.16. The smallest absolute Gasteiger partial charge is 0.220 e. The summed E-state index contributed by atoms with van der Waals surface area (Å²) in [7, 11) is 0. The second kappa shape index (κ2) is 6.92. The van der Waals surface area contributed by atoms with Crippen molar-refractivity contribution in [2.75, 3.05) is 0 Å². The molecule has 4 heteroatoms. The van der Waals surface area contributed by atoms with E-state index in [1.807, 2.05) is 24.3 Å². The van der Waals surface area contributed by atoms with Crippen molar-refractivity contribution in [2.24, 2.45) is 0 Å². The monoisotopic (exact) mass is 281 g/mol. The molecule has 0 unspecified atom stereocenters. The number of hydrogen-bond acceptors (Lipinski definition) is 2. The molecule has 2 atom stereocenters. The van der Waals surface area contributed by atoms with Crippen molar-refractivity contribution >= 4 is 17.5 Å². The van der Waals surface area contributed by atoms with Crippen molar-refractivity contribution in [1.82, 2.24) is 5.32 Å². The summed E-state index contributed by atoms with van der Waals surface area (Å²) in [5, 5.41) is 13.4. The first-order valence-corrected chi connectivity index (χ1v) is 7.25. The Morgan fingerprint density at radius 1 is 1.32 bits per heavy atom. The van der Waals surface area contributed by atoms with Gasteiger partial charge >= 0.3 is 0 Å². The van der Waals surface area contributed by atoms with E-state index in [2.05, 4.69) is 5.32 Å². The first-order valence-electron chi connectivity index (χ1n) is 6.87. The molecule has 0 spiro atoms. The van der Waals surface area contributed by atoms with Crippen molar-refractivity contribution in [2.45, 2.75) is 50.7 Å². The Kier molecular flexibility index (Phi) is 5.23. The summed E-state index contributed by atoms with van der Waals surface area (Å²) < 4.78 is 0. The van der Waals surface area contributed by atoms with Gasteiger partial charge in [-0.25, -0.2) is 0 Å². The third kappa shape index (κ3) is 4.22. The van der Waals surface area contributed by atoms with Crippen LogP contribution in [-0.2, 0) is 11.2 Å². The van der Waals surface area contributed by atoms with Gasteiger partial charge in [-0.15, -0.1) is 0 Å². The van der Waals surface area contributed by atoms with E-state index in [1.165, 1.54) is 0 Å². The predicted octanol–water partition coefficient (Wildman–Crippen LogP) is 2.69. The van der Waals surface area contributed by atoms with Crippen LogP contribution in [0.15, 0.2) is 24.3 Å². The average Bonchev–Trinajstić information content (AvgIpc) is 2.40. The van der Waals surface area contributed by atoms with Crippen LogP contribution in [0.5, 0.6) is 0 Å². The second-order valence-electron chi connectivity index (χ2n) is 5.12. The van der Waals surface area contributed by atoms with Gasteiger partial charge in [-0.05, 0) is 30.9 Å². The van der Waals surface area contributed by atoms with Gasteiger partial charge in [0.05, 0.1) is 12.1 Å². The van der Waals surface area contributed by atoms with Gasteiger partial charge in [0.15, 0.2) is 0 Å². The van der Waals surface area contributed by atoms with Crippen molar-refractivity contribution in [3.63, 3.8) is 0 Å². The molecule has 1 aromatic rings. The lowest BCUT2D eigenvalue weighted by molar-refractivity contribution is -0.123. The summed E-state index contributed by atoms with van der Waals surface area (Å²) in [6.07, 6.45) is 4.44. The zero-order valence-electron chi connectivity index (χ0n) is 10.9. The Morgan fingerprint density at radius 2 is 2.05 bits per heavy atom. The molecule has 2 N–H and O–H groups in total. The topological polar surface area (TPSA) is 49.3 Å². The maximum absolute atomic E-state index is 11.9. The first kappa shape index (κ1) is 14.4. The SMILES string of the molecule is O=C(CCc1ccccc1Cl)N[C@@H]1CCCC[C@H]1O. The fraction of sp³-hybridized carbons (Fsp3) is 0.533. The van der Waals surface area contributed by atoms with Gasteiger partial charge in [-0.2, -0.15) is 0 Å². The van der Waals surface area contributed by atoms with E-state index in [1.54, 1.807) is 0 Å². The number of rotatable bonds is 4. The highest BCUT2D eigenvalue weighted by molar-refractivity contribution is 6.31. The van der Waals surface area contributed by atoms with Gasteiger partial charge in [0, 0.05) is 11.4 Å². The summed E-state index contributed by atoms with van der Waals surface area (Å²) in [5.41, 5.74) is 0.989. The standard InChI is InChI=1S/C15H20ClNO2/c16-12-6-2-1-5-11(12)9-10-15(19)17-13-7-3-4-8-14(13)18/h1-2,5-6,13-14,18H,3-4,7-10H2,(H,17,19)/t13-,14-/m1/s1. The van der Waals surface area contributed by atoms with E-state index in [0.717, 1.165) is 31.2 Å². The third-order valence-electron chi connectivity index (χ3n) is 3.66. The molecular formula is C15H20ClNO2. The molecule has 0 radical (unpaired) electrons. The number of aryl methyl sites for hydroxylation is 1. The van der Waals surface area contributed by atoms with E-state index in [9.17, 15) is 9.90 Å². The zero-order valence-corrected chi connectivity index (χ0v) is 11.7. The number of nitrogens with one attached hydrogen (secondary N) is 1. The maximum atomic E-state index is 11.9. The molecule has 0 aliphatic heterocycles. The minimum Gasteiger partial charge on any atom is -0.391 e.